The molecule has 0 unspecified atom stereocenters. The van der Waals surface area contributed by atoms with Gasteiger partial charge < -0.3 is 14.2 Å². The standard InChI is InChI=1S/C20H20ClN3O3/c1-3-24(19(25)13-26-17-9-7-16(21)8-10-17)12-18-22-20(23-27-18)15-6-4-5-14(2)11-15/h4-11H,3,12-13H2,1-2H3. The molecule has 0 radical (unpaired) electrons. The van der Waals surface area contributed by atoms with Gasteiger partial charge in [0, 0.05) is 17.1 Å². The lowest BCUT2D eigenvalue weighted by molar-refractivity contribution is -0.134. The van der Waals surface area contributed by atoms with Gasteiger partial charge in [-0.1, -0.05) is 40.5 Å². The summed E-state index contributed by atoms with van der Waals surface area (Å²) in [4.78, 5) is 18.4. The molecule has 0 fully saturated rings. The Morgan fingerprint density at radius 2 is 2.00 bits per heavy atom. The van der Waals surface area contributed by atoms with E-state index < -0.39 is 0 Å². The van der Waals surface area contributed by atoms with Crippen molar-refractivity contribution in [3.8, 4) is 17.1 Å². The highest BCUT2D eigenvalue weighted by molar-refractivity contribution is 6.30. The minimum Gasteiger partial charge on any atom is -0.484 e. The third kappa shape index (κ3) is 5.08. The lowest BCUT2D eigenvalue weighted by Crippen LogP contribution is -2.34. The lowest BCUT2D eigenvalue weighted by atomic mass is 10.1. The molecular weight excluding hydrogens is 366 g/mol. The summed E-state index contributed by atoms with van der Waals surface area (Å²) in [5.41, 5.74) is 1.99. The molecule has 0 spiro atoms. The number of carbonyl (C=O) groups excluding carboxylic acids is 1. The largest absolute Gasteiger partial charge is 0.484 e. The van der Waals surface area contributed by atoms with Crippen molar-refractivity contribution in [1.82, 2.24) is 15.0 Å². The van der Waals surface area contributed by atoms with Gasteiger partial charge in [-0.25, -0.2) is 0 Å². The lowest BCUT2D eigenvalue weighted by Gasteiger charge is -2.18. The van der Waals surface area contributed by atoms with Crippen LogP contribution in [0.25, 0.3) is 11.4 Å². The van der Waals surface area contributed by atoms with E-state index in [0.29, 0.717) is 29.0 Å². The van der Waals surface area contributed by atoms with Crippen LogP contribution >= 0.6 is 11.6 Å². The van der Waals surface area contributed by atoms with Gasteiger partial charge in [0.25, 0.3) is 5.91 Å². The Balaban J connectivity index is 1.61. The zero-order valence-electron chi connectivity index (χ0n) is 15.2. The average molecular weight is 386 g/mol. The second-order valence-electron chi connectivity index (χ2n) is 6.03. The topological polar surface area (TPSA) is 68.5 Å². The van der Waals surface area contributed by atoms with Crippen LogP contribution in [0.15, 0.2) is 53.1 Å². The van der Waals surface area contributed by atoms with Gasteiger partial charge in [-0.2, -0.15) is 4.98 Å². The van der Waals surface area contributed by atoms with E-state index in [4.69, 9.17) is 20.9 Å². The summed E-state index contributed by atoms with van der Waals surface area (Å²) < 4.78 is 10.8. The van der Waals surface area contributed by atoms with Crippen molar-refractivity contribution in [3.63, 3.8) is 0 Å². The third-order valence-corrected chi connectivity index (χ3v) is 4.23. The Morgan fingerprint density at radius 1 is 1.22 bits per heavy atom. The maximum atomic E-state index is 12.4. The first kappa shape index (κ1) is 18.9. The molecule has 1 amide bonds. The molecule has 0 atom stereocenters. The minimum atomic E-state index is -0.164. The smallest absolute Gasteiger partial charge is 0.260 e. The molecular formula is C20H20ClN3O3. The summed E-state index contributed by atoms with van der Waals surface area (Å²) in [6.07, 6.45) is 0. The van der Waals surface area contributed by atoms with Gasteiger partial charge in [-0.15, -0.1) is 0 Å². The second kappa shape index (κ2) is 8.68. The number of ether oxygens (including phenoxy) is 1. The predicted octanol–water partition coefficient (Wildman–Crippen LogP) is 4.13. The molecule has 1 heterocycles. The van der Waals surface area contributed by atoms with Gasteiger partial charge in [-0.3, -0.25) is 4.79 Å². The number of aryl methyl sites for hydroxylation is 1. The second-order valence-corrected chi connectivity index (χ2v) is 6.47. The number of nitrogens with zero attached hydrogens (tertiary/aromatic N) is 3. The Bertz CT molecular complexity index is 909. The van der Waals surface area contributed by atoms with E-state index in [1.165, 1.54) is 0 Å². The summed E-state index contributed by atoms with van der Waals surface area (Å²) in [5, 5.41) is 4.62. The van der Waals surface area contributed by atoms with E-state index in [0.717, 1.165) is 11.1 Å². The number of likely N-dealkylation sites (N-methyl/N-ethyl adjacent to an activating group) is 1. The first-order valence-electron chi connectivity index (χ1n) is 8.61. The molecule has 1 aromatic heterocycles. The van der Waals surface area contributed by atoms with Gasteiger partial charge in [0.1, 0.15) is 12.3 Å². The van der Waals surface area contributed by atoms with Crippen LogP contribution in [0.3, 0.4) is 0 Å². The normalized spacial score (nSPS) is 10.6. The predicted molar refractivity (Wildman–Crippen MR) is 103 cm³/mol. The fourth-order valence-corrected chi connectivity index (χ4v) is 2.65. The number of amides is 1. The summed E-state index contributed by atoms with van der Waals surface area (Å²) in [7, 11) is 0. The molecule has 0 N–H and O–H groups in total. The zero-order chi connectivity index (χ0) is 19.2. The van der Waals surface area contributed by atoms with Crippen molar-refractivity contribution in [2.45, 2.75) is 20.4 Å². The molecule has 6 nitrogen and oxygen atoms in total. The molecule has 0 aliphatic rings. The van der Waals surface area contributed by atoms with Crippen molar-refractivity contribution in [2.24, 2.45) is 0 Å². The van der Waals surface area contributed by atoms with Crippen LogP contribution < -0.4 is 4.74 Å². The van der Waals surface area contributed by atoms with Crippen LogP contribution in [0.1, 0.15) is 18.4 Å². The fourth-order valence-electron chi connectivity index (χ4n) is 2.53. The highest BCUT2D eigenvalue weighted by atomic mass is 35.5. The Labute approximate surface area is 162 Å². The van der Waals surface area contributed by atoms with Gasteiger partial charge in [0.05, 0.1) is 0 Å². The maximum absolute atomic E-state index is 12.4. The van der Waals surface area contributed by atoms with Gasteiger partial charge in [0.2, 0.25) is 11.7 Å². The van der Waals surface area contributed by atoms with Crippen LogP contribution in [0.2, 0.25) is 5.02 Å². The van der Waals surface area contributed by atoms with Crippen molar-refractivity contribution in [2.75, 3.05) is 13.2 Å². The highest BCUT2D eigenvalue weighted by Crippen LogP contribution is 2.18. The van der Waals surface area contributed by atoms with Gasteiger partial charge in [0.15, 0.2) is 6.61 Å². The van der Waals surface area contributed by atoms with Crippen LogP contribution in [-0.2, 0) is 11.3 Å². The number of benzene rings is 2. The Kier molecular flexibility index (Phi) is 6.08. The van der Waals surface area contributed by atoms with E-state index >= 15 is 0 Å². The quantitative estimate of drug-likeness (QED) is 0.611. The number of hydrogen-bond donors (Lipinski definition) is 0. The monoisotopic (exact) mass is 385 g/mol. The number of halogens is 1. The molecule has 0 bridgehead atoms. The van der Waals surface area contributed by atoms with Crippen molar-refractivity contribution < 1.29 is 14.1 Å². The molecule has 0 aliphatic heterocycles. The fraction of sp³-hybridized carbons (Fsp3) is 0.250. The van der Waals surface area contributed by atoms with E-state index in [1.807, 2.05) is 38.1 Å². The molecule has 0 aliphatic carbocycles. The van der Waals surface area contributed by atoms with E-state index in [9.17, 15) is 4.79 Å². The molecule has 3 aromatic rings. The first-order chi connectivity index (χ1) is 13.0. The summed E-state index contributed by atoms with van der Waals surface area (Å²) in [6.45, 7) is 4.55. The van der Waals surface area contributed by atoms with Crippen molar-refractivity contribution in [3.05, 3.63) is 65.0 Å². The number of aromatic nitrogens is 2. The average Bonchev–Trinajstić information content (AvgIpc) is 3.14. The SMILES string of the molecule is CCN(Cc1nc(-c2cccc(C)c2)no1)C(=O)COc1ccc(Cl)cc1. The van der Waals surface area contributed by atoms with Crippen LogP contribution in [0.5, 0.6) is 5.75 Å². The number of rotatable bonds is 7. The molecule has 0 saturated carbocycles. The van der Waals surface area contributed by atoms with Crippen LogP contribution in [0, 0.1) is 6.92 Å². The summed E-state index contributed by atoms with van der Waals surface area (Å²) in [6, 6.07) is 14.7. The Morgan fingerprint density at radius 3 is 2.70 bits per heavy atom. The van der Waals surface area contributed by atoms with Gasteiger partial charge in [-0.05, 0) is 44.2 Å². The molecule has 7 heteroatoms. The molecule has 0 saturated heterocycles. The maximum Gasteiger partial charge on any atom is 0.260 e. The minimum absolute atomic E-state index is 0.0751. The molecule has 2 aromatic carbocycles. The first-order valence-corrected chi connectivity index (χ1v) is 8.98. The Hall–Kier alpha value is -2.86. The highest BCUT2D eigenvalue weighted by Gasteiger charge is 2.17. The third-order valence-electron chi connectivity index (χ3n) is 3.98. The molecule has 3 rings (SSSR count). The zero-order valence-corrected chi connectivity index (χ0v) is 15.9. The van der Waals surface area contributed by atoms with E-state index in [-0.39, 0.29) is 19.1 Å². The van der Waals surface area contributed by atoms with Crippen LogP contribution in [-0.4, -0.2) is 34.1 Å². The summed E-state index contributed by atoms with van der Waals surface area (Å²) in [5.74, 6) is 1.31. The molecule has 140 valence electrons. The van der Waals surface area contributed by atoms with Gasteiger partial charge >= 0.3 is 0 Å². The molecule has 27 heavy (non-hydrogen) atoms. The summed E-state index contributed by atoms with van der Waals surface area (Å²) >= 11 is 5.84. The van der Waals surface area contributed by atoms with Crippen LogP contribution in [0.4, 0.5) is 0 Å². The van der Waals surface area contributed by atoms with E-state index in [2.05, 4.69) is 10.1 Å². The van der Waals surface area contributed by atoms with Crippen molar-refractivity contribution >= 4 is 17.5 Å². The number of hydrogen-bond acceptors (Lipinski definition) is 5. The van der Waals surface area contributed by atoms with Crippen molar-refractivity contribution in [1.29, 1.82) is 0 Å². The number of carbonyl (C=O) groups is 1. The van der Waals surface area contributed by atoms with E-state index in [1.54, 1.807) is 29.2 Å².